The average molecular weight is 258 g/mol. The highest BCUT2D eigenvalue weighted by molar-refractivity contribution is 5.87. The molecule has 0 amide bonds. The van der Waals surface area contributed by atoms with Crippen molar-refractivity contribution in [1.82, 2.24) is 9.55 Å². The van der Waals surface area contributed by atoms with Crippen LogP contribution in [0.15, 0.2) is 41.6 Å². The van der Waals surface area contributed by atoms with Crippen LogP contribution in [0.1, 0.15) is 21.6 Å². The molecule has 0 spiro atoms. The second-order valence-corrected chi connectivity index (χ2v) is 4.30. The van der Waals surface area contributed by atoms with Crippen LogP contribution in [-0.4, -0.2) is 20.6 Å². The van der Waals surface area contributed by atoms with Crippen molar-refractivity contribution in [1.29, 1.82) is 0 Å². The number of hydrogen-bond donors (Lipinski definition) is 1. The Labute approximate surface area is 110 Å². The molecule has 0 unspecified atom stereocenters. The zero-order valence-electron chi connectivity index (χ0n) is 10.5. The van der Waals surface area contributed by atoms with Gasteiger partial charge in [-0.1, -0.05) is 6.07 Å². The molecule has 0 aliphatic rings. The molecule has 5 nitrogen and oxygen atoms in total. The fourth-order valence-electron chi connectivity index (χ4n) is 1.87. The Morgan fingerprint density at radius 1 is 1.47 bits per heavy atom. The zero-order chi connectivity index (χ0) is 13.8. The normalized spacial score (nSPS) is 10.4. The van der Waals surface area contributed by atoms with E-state index in [9.17, 15) is 9.59 Å². The Hall–Kier alpha value is -2.43. The van der Waals surface area contributed by atoms with Crippen LogP contribution in [0.25, 0.3) is 0 Å². The van der Waals surface area contributed by atoms with E-state index in [2.05, 4.69) is 4.98 Å². The number of aromatic carboxylic acids is 1. The summed E-state index contributed by atoms with van der Waals surface area (Å²) >= 11 is 0. The fraction of sp³-hybridized carbons (Fsp3) is 0.214. The van der Waals surface area contributed by atoms with E-state index in [0.717, 1.165) is 17.7 Å². The first-order valence-corrected chi connectivity index (χ1v) is 5.91. The summed E-state index contributed by atoms with van der Waals surface area (Å²) in [6.45, 7) is 2.40. The van der Waals surface area contributed by atoms with Crippen LogP contribution < -0.4 is 5.43 Å². The molecule has 1 N–H and O–H groups in total. The zero-order valence-corrected chi connectivity index (χ0v) is 10.5. The van der Waals surface area contributed by atoms with E-state index in [-0.39, 0.29) is 5.56 Å². The van der Waals surface area contributed by atoms with Gasteiger partial charge in [-0.3, -0.25) is 9.78 Å². The monoisotopic (exact) mass is 258 g/mol. The van der Waals surface area contributed by atoms with Crippen LogP contribution >= 0.6 is 0 Å². The lowest BCUT2D eigenvalue weighted by Crippen LogP contribution is -2.19. The summed E-state index contributed by atoms with van der Waals surface area (Å²) in [5.74, 6) is -1.19. The standard InChI is InChI=1S/C14H14N2O3/c1-10-7-13(17)12(14(18)19)9-16(10)6-4-11-3-2-5-15-8-11/h2-3,5,7-9H,4,6H2,1H3,(H,18,19). The number of pyridine rings is 2. The Morgan fingerprint density at radius 3 is 2.89 bits per heavy atom. The van der Waals surface area contributed by atoms with E-state index in [4.69, 9.17) is 5.11 Å². The van der Waals surface area contributed by atoms with Crippen molar-refractivity contribution in [2.75, 3.05) is 0 Å². The largest absolute Gasteiger partial charge is 0.477 e. The predicted molar refractivity (Wildman–Crippen MR) is 70.3 cm³/mol. The summed E-state index contributed by atoms with van der Waals surface area (Å²) in [5.41, 5.74) is 1.16. The van der Waals surface area contributed by atoms with E-state index < -0.39 is 11.4 Å². The molecule has 0 aliphatic heterocycles. The lowest BCUT2D eigenvalue weighted by atomic mass is 10.2. The summed E-state index contributed by atoms with van der Waals surface area (Å²) < 4.78 is 1.78. The minimum Gasteiger partial charge on any atom is -0.477 e. The minimum atomic E-state index is -1.19. The lowest BCUT2D eigenvalue weighted by Gasteiger charge is -2.11. The number of carbonyl (C=O) groups is 1. The van der Waals surface area contributed by atoms with Crippen LogP contribution in [0.2, 0.25) is 0 Å². The van der Waals surface area contributed by atoms with Gasteiger partial charge in [0.1, 0.15) is 5.56 Å². The minimum absolute atomic E-state index is 0.197. The number of aromatic nitrogens is 2. The van der Waals surface area contributed by atoms with Crippen LogP contribution in [0.4, 0.5) is 0 Å². The molecule has 2 rings (SSSR count). The van der Waals surface area contributed by atoms with Crippen LogP contribution in [0.5, 0.6) is 0 Å². The first kappa shape index (κ1) is 13.0. The Morgan fingerprint density at radius 2 is 2.26 bits per heavy atom. The number of hydrogen-bond acceptors (Lipinski definition) is 3. The maximum absolute atomic E-state index is 11.5. The third-order valence-corrected chi connectivity index (χ3v) is 2.94. The second kappa shape index (κ2) is 5.48. The Balaban J connectivity index is 2.23. The van der Waals surface area contributed by atoms with Gasteiger partial charge in [0, 0.05) is 36.9 Å². The Bertz CT molecular complexity index is 647. The number of rotatable bonds is 4. The predicted octanol–water partition coefficient (Wildman–Crippen LogP) is 1.49. The molecule has 5 heteroatoms. The number of aryl methyl sites for hydroxylation is 3. The lowest BCUT2D eigenvalue weighted by molar-refractivity contribution is 0.0694. The van der Waals surface area contributed by atoms with Gasteiger partial charge in [-0.05, 0) is 25.0 Å². The van der Waals surface area contributed by atoms with Crippen LogP contribution in [0, 0.1) is 6.92 Å². The smallest absolute Gasteiger partial charge is 0.341 e. The molecule has 19 heavy (non-hydrogen) atoms. The topological polar surface area (TPSA) is 72.2 Å². The maximum Gasteiger partial charge on any atom is 0.341 e. The molecule has 2 aromatic rings. The van der Waals surface area contributed by atoms with Gasteiger partial charge in [0.05, 0.1) is 0 Å². The highest BCUT2D eigenvalue weighted by Gasteiger charge is 2.10. The van der Waals surface area contributed by atoms with Gasteiger partial charge in [0.15, 0.2) is 5.43 Å². The van der Waals surface area contributed by atoms with Gasteiger partial charge in [0.2, 0.25) is 0 Å². The molecule has 0 saturated heterocycles. The molecule has 0 saturated carbocycles. The molecule has 98 valence electrons. The molecule has 0 radical (unpaired) electrons. The number of carboxylic acid groups (broad SMARTS) is 1. The van der Waals surface area contributed by atoms with E-state index in [1.807, 2.05) is 12.1 Å². The van der Waals surface area contributed by atoms with E-state index in [1.54, 1.807) is 23.9 Å². The van der Waals surface area contributed by atoms with Gasteiger partial charge < -0.3 is 9.67 Å². The van der Waals surface area contributed by atoms with Gasteiger partial charge in [0.25, 0.3) is 0 Å². The van der Waals surface area contributed by atoms with Gasteiger partial charge in [-0.2, -0.15) is 0 Å². The summed E-state index contributed by atoms with van der Waals surface area (Å²) in [4.78, 5) is 26.5. The molecular weight excluding hydrogens is 244 g/mol. The molecule has 2 heterocycles. The Kier molecular flexibility index (Phi) is 3.75. The van der Waals surface area contributed by atoms with Crippen LogP contribution in [0.3, 0.4) is 0 Å². The summed E-state index contributed by atoms with van der Waals surface area (Å²) in [6, 6.07) is 5.17. The SMILES string of the molecule is Cc1cc(=O)c(C(=O)O)cn1CCc1cccnc1. The third-order valence-electron chi connectivity index (χ3n) is 2.94. The maximum atomic E-state index is 11.5. The third kappa shape index (κ3) is 3.07. The fourth-order valence-corrected chi connectivity index (χ4v) is 1.87. The first-order chi connectivity index (χ1) is 9.08. The van der Waals surface area contributed by atoms with Crippen molar-refractivity contribution in [3.8, 4) is 0 Å². The molecular formula is C14H14N2O3. The second-order valence-electron chi connectivity index (χ2n) is 4.30. The van der Waals surface area contributed by atoms with Gasteiger partial charge in [-0.25, -0.2) is 4.79 Å². The summed E-state index contributed by atoms with van der Waals surface area (Å²) in [7, 11) is 0. The average Bonchev–Trinajstić information content (AvgIpc) is 2.38. The molecule has 0 atom stereocenters. The van der Waals surface area contributed by atoms with Crippen molar-refractivity contribution in [3.63, 3.8) is 0 Å². The van der Waals surface area contributed by atoms with Crippen molar-refractivity contribution in [3.05, 3.63) is 63.8 Å². The van der Waals surface area contributed by atoms with Gasteiger partial charge >= 0.3 is 5.97 Å². The van der Waals surface area contributed by atoms with Gasteiger partial charge in [-0.15, -0.1) is 0 Å². The van der Waals surface area contributed by atoms with Crippen molar-refractivity contribution < 1.29 is 9.90 Å². The van der Waals surface area contributed by atoms with Crippen molar-refractivity contribution in [2.45, 2.75) is 19.9 Å². The van der Waals surface area contributed by atoms with Crippen LogP contribution in [-0.2, 0) is 13.0 Å². The molecule has 0 bridgehead atoms. The summed E-state index contributed by atoms with van der Waals surface area (Å²) in [6.07, 6.45) is 5.61. The molecule has 0 aliphatic carbocycles. The highest BCUT2D eigenvalue weighted by atomic mass is 16.4. The quantitative estimate of drug-likeness (QED) is 0.901. The van der Waals surface area contributed by atoms with E-state index in [1.165, 1.54) is 12.3 Å². The first-order valence-electron chi connectivity index (χ1n) is 5.91. The van der Waals surface area contributed by atoms with Crippen molar-refractivity contribution >= 4 is 5.97 Å². The number of carboxylic acids is 1. The summed E-state index contributed by atoms with van der Waals surface area (Å²) in [5, 5.41) is 8.94. The van der Waals surface area contributed by atoms with E-state index >= 15 is 0 Å². The molecule has 0 fully saturated rings. The molecule has 0 aromatic carbocycles. The molecule has 2 aromatic heterocycles. The number of nitrogens with zero attached hydrogens (tertiary/aromatic N) is 2. The van der Waals surface area contributed by atoms with Crippen molar-refractivity contribution in [2.24, 2.45) is 0 Å². The van der Waals surface area contributed by atoms with E-state index in [0.29, 0.717) is 6.54 Å². The highest BCUT2D eigenvalue weighted by Crippen LogP contribution is 2.04.